The standard InChI is InChI=1S/C7H10O6/c8-5(9)2-1-3-13-7(12)4-6(10)11/h1-4H2,(H,8,9)(H,10,11). The van der Waals surface area contributed by atoms with Crippen LogP contribution < -0.4 is 0 Å². The van der Waals surface area contributed by atoms with Crippen LogP contribution in [0.4, 0.5) is 0 Å². The highest BCUT2D eigenvalue weighted by molar-refractivity contribution is 5.90. The van der Waals surface area contributed by atoms with E-state index in [1.807, 2.05) is 0 Å². The molecule has 6 heteroatoms. The van der Waals surface area contributed by atoms with Crippen LogP contribution in [-0.4, -0.2) is 34.7 Å². The molecule has 0 aliphatic carbocycles. The number of rotatable bonds is 6. The van der Waals surface area contributed by atoms with Gasteiger partial charge in [-0.05, 0) is 6.42 Å². The lowest BCUT2D eigenvalue weighted by molar-refractivity contribution is -0.152. The lowest BCUT2D eigenvalue weighted by atomic mass is 10.3. The molecule has 0 aromatic carbocycles. The fourth-order valence-corrected chi connectivity index (χ4v) is 0.584. The molecule has 0 heterocycles. The van der Waals surface area contributed by atoms with Gasteiger partial charge in [-0.1, -0.05) is 0 Å². The highest BCUT2D eigenvalue weighted by Crippen LogP contribution is 1.92. The average molecular weight is 190 g/mol. The minimum absolute atomic E-state index is 0.0571. The number of carbonyl (C=O) groups excluding carboxylic acids is 1. The largest absolute Gasteiger partial charge is 0.481 e. The first-order valence-corrected chi connectivity index (χ1v) is 3.61. The van der Waals surface area contributed by atoms with Crippen LogP contribution in [0.15, 0.2) is 0 Å². The van der Waals surface area contributed by atoms with Gasteiger partial charge in [-0.25, -0.2) is 0 Å². The fourth-order valence-electron chi connectivity index (χ4n) is 0.584. The molecule has 0 aromatic rings. The monoisotopic (exact) mass is 190 g/mol. The van der Waals surface area contributed by atoms with E-state index in [0.717, 1.165) is 0 Å². The number of esters is 1. The topological polar surface area (TPSA) is 101 Å². The maximum absolute atomic E-state index is 10.5. The van der Waals surface area contributed by atoms with Gasteiger partial charge in [0.2, 0.25) is 0 Å². The van der Waals surface area contributed by atoms with Crippen LogP contribution in [0.5, 0.6) is 0 Å². The Hall–Kier alpha value is -1.59. The molecule has 0 saturated heterocycles. The third-order valence-electron chi connectivity index (χ3n) is 1.09. The molecule has 0 saturated carbocycles. The van der Waals surface area contributed by atoms with Crippen molar-refractivity contribution in [1.82, 2.24) is 0 Å². The van der Waals surface area contributed by atoms with Gasteiger partial charge in [-0.3, -0.25) is 14.4 Å². The number of hydrogen-bond acceptors (Lipinski definition) is 4. The van der Waals surface area contributed by atoms with Crippen molar-refractivity contribution in [3.63, 3.8) is 0 Å². The third-order valence-corrected chi connectivity index (χ3v) is 1.09. The number of carbonyl (C=O) groups is 3. The predicted molar refractivity (Wildman–Crippen MR) is 40.1 cm³/mol. The maximum atomic E-state index is 10.5. The van der Waals surface area contributed by atoms with Crippen molar-refractivity contribution in [1.29, 1.82) is 0 Å². The molecule has 2 N–H and O–H groups in total. The Morgan fingerprint density at radius 1 is 1.08 bits per heavy atom. The molecule has 74 valence electrons. The highest BCUT2D eigenvalue weighted by Gasteiger charge is 2.08. The number of carboxylic acid groups (broad SMARTS) is 2. The van der Waals surface area contributed by atoms with Gasteiger partial charge in [0.15, 0.2) is 0 Å². The van der Waals surface area contributed by atoms with Gasteiger partial charge in [0.05, 0.1) is 6.61 Å². The van der Waals surface area contributed by atoms with E-state index < -0.39 is 24.3 Å². The summed E-state index contributed by atoms with van der Waals surface area (Å²) in [5, 5.41) is 16.3. The molecule has 0 unspecified atom stereocenters. The first-order chi connectivity index (χ1) is 6.02. The van der Waals surface area contributed by atoms with Crippen molar-refractivity contribution in [2.45, 2.75) is 19.3 Å². The molecular weight excluding hydrogens is 180 g/mol. The molecule has 6 nitrogen and oxygen atoms in total. The summed E-state index contributed by atoms with van der Waals surface area (Å²) in [4.78, 5) is 30.5. The van der Waals surface area contributed by atoms with Crippen molar-refractivity contribution in [3.05, 3.63) is 0 Å². The van der Waals surface area contributed by atoms with Crippen molar-refractivity contribution in [2.75, 3.05) is 6.61 Å². The van der Waals surface area contributed by atoms with E-state index in [9.17, 15) is 14.4 Å². The van der Waals surface area contributed by atoms with E-state index in [2.05, 4.69) is 4.74 Å². The number of ether oxygens (including phenoxy) is 1. The number of aliphatic carboxylic acids is 2. The Morgan fingerprint density at radius 3 is 2.15 bits per heavy atom. The van der Waals surface area contributed by atoms with E-state index in [-0.39, 0.29) is 19.4 Å². The van der Waals surface area contributed by atoms with Crippen LogP contribution >= 0.6 is 0 Å². The van der Waals surface area contributed by atoms with Gasteiger partial charge in [0, 0.05) is 6.42 Å². The minimum Gasteiger partial charge on any atom is -0.481 e. The van der Waals surface area contributed by atoms with Crippen LogP contribution in [0.1, 0.15) is 19.3 Å². The zero-order valence-electron chi connectivity index (χ0n) is 6.86. The quantitative estimate of drug-likeness (QED) is 0.343. The molecule has 0 rings (SSSR count). The van der Waals surface area contributed by atoms with Gasteiger partial charge in [-0.2, -0.15) is 0 Å². The second-order valence-electron chi connectivity index (χ2n) is 2.29. The molecule has 0 fully saturated rings. The summed E-state index contributed by atoms with van der Waals surface area (Å²) >= 11 is 0. The van der Waals surface area contributed by atoms with E-state index in [4.69, 9.17) is 10.2 Å². The summed E-state index contributed by atoms with van der Waals surface area (Å²) < 4.78 is 4.42. The van der Waals surface area contributed by atoms with Crippen LogP contribution in [0.3, 0.4) is 0 Å². The van der Waals surface area contributed by atoms with Gasteiger partial charge in [0.1, 0.15) is 6.42 Å². The molecule has 0 aliphatic heterocycles. The average Bonchev–Trinajstić information content (AvgIpc) is 1.96. The van der Waals surface area contributed by atoms with Crippen LogP contribution in [0.25, 0.3) is 0 Å². The summed E-state index contributed by atoms with van der Waals surface area (Å²) in [7, 11) is 0. The van der Waals surface area contributed by atoms with Crippen molar-refractivity contribution in [2.24, 2.45) is 0 Å². The molecule has 0 radical (unpaired) electrons. The van der Waals surface area contributed by atoms with Crippen molar-refractivity contribution in [3.8, 4) is 0 Å². The summed E-state index contributed by atoms with van der Waals surface area (Å²) in [6.45, 7) is -0.0571. The predicted octanol–water partition coefficient (Wildman–Crippen LogP) is -0.131. The van der Waals surface area contributed by atoms with Crippen molar-refractivity contribution < 1.29 is 29.3 Å². The molecule has 0 aromatic heterocycles. The highest BCUT2D eigenvalue weighted by atomic mass is 16.5. The van der Waals surface area contributed by atoms with Gasteiger partial charge in [-0.15, -0.1) is 0 Å². The molecule has 0 atom stereocenters. The second kappa shape index (κ2) is 5.99. The molecule has 0 amide bonds. The smallest absolute Gasteiger partial charge is 0.317 e. The normalized spacial score (nSPS) is 9.23. The van der Waals surface area contributed by atoms with Gasteiger partial charge < -0.3 is 14.9 Å². The lowest BCUT2D eigenvalue weighted by Gasteiger charge is -2.00. The summed E-state index contributed by atoms with van der Waals surface area (Å²) in [6, 6.07) is 0. The fraction of sp³-hybridized carbons (Fsp3) is 0.571. The number of hydrogen-bond donors (Lipinski definition) is 2. The molecule has 13 heavy (non-hydrogen) atoms. The number of carboxylic acids is 2. The van der Waals surface area contributed by atoms with E-state index in [1.54, 1.807) is 0 Å². The first kappa shape index (κ1) is 11.4. The zero-order chi connectivity index (χ0) is 10.3. The van der Waals surface area contributed by atoms with Crippen LogP contribution in [-0.2, 0) is 19.1 Å². The Morgan fingerprint density at radius 2 is 1.69 bits per heavy atom. The summed E-state index contributed by atoms with van der Waals surface area (Å²) in [6.07, 6.45) is -0.589. The summed E-state index contributed by atoms with van der Waals surface area (Å²) in [5.41, 5.74) is 0. The van der Waals surface area contributed by atoms with E-state index in [1.165, 1.54) is 0 Å². The Balaban J connectivity index is 3.37. The Kier molecular flexibility index (Phi) is 5.25. The van der Waals surface area contributed by atoms with Crippen LogP contribution in [0, 0.1) is 0 Å². The first-order valence-electron chi connectivity index (χ1n) is 3.61. The summed E-state index contributed by atoms with van der Waals surface area (Å²) in [5.74, 6) is -3.09. The van der Waals surface area contributed by atoms with Crippen LogP contribution in [0.2, 0.25) is 0 Å². The Bertz CT molecular complexity index is 209. The second-order valence-corrected chi connectivity index (χ2v) is 2.29. The molecular formula is C7H10O6. The lowest BCUT2D eigenvalue weighted by Crippen LogP contribution is -2.11. The molecule has 0 spiro atoms. The molecule has 0 aliphatic rings. The van der Waals surface area contributed by atoms with E-state index >= 15 is 0 Å². The minimum atomic E-state index is -1.26. The van der Waals surface area contributed by atoms with Gasteiger partial charge >= 0.3 is 17.9 Å². The zero-order valence-corrected chi connectivity index (χ0v) is 6.86. The Labute approximate surface area is 74.1 Å². The maximum Gasteiger partial charge on any atom is 0.317 e. The SMILES string of the molecule is O=C(O)CCCOC(=O)CC(=O)O. The third kappa shape index (κ3) is 8.32. The van der Waals surface area contributed by atoms with Crippen molar-refractivity contribution >= 4 is 17.9 Å². The molecule has 0 bridgehead atoms. The van der Waals surface area contributed by atoms with Gasteiger partial charge in [0.25, 0.3) is 0 Å². The van der Waals surface area contributed by atoms with E-state index in [0.29, 0.717) is 0 Å².